The number of hydrogen-bond acceptors (Lipinski definition) is 5. The number of halogens is 1. The Hall–Kier alpha value is -3.02. The zero-order valence-corrected chi connectivity index (χ0v) is 21.9. The van der Waals surface area contributed by atoms with E-state index in [1.54, 1.807) is 11.8 Å². The fourth-order valence-electron chi connectivity index (χ4n) is 3.98. The summed E-state index contributed by atoms with van der Waals surface area (Å²) in [5.74, 6) is 0.961. The summed E-state index contributed by atoms with van der Waals surface area (Å²) in [4.78, 5) is 16.7. The van der Waals surface area contributed by atoms with Gasteiger partial charge in [-0.15, -0.1) is 11.8 Å². The van der Waals surface area contributed by atoms with Crippen LogP contribution in [0.5, 0.6) is 5.75 Å². The van der Waals surface area contributed by atoms with Crippen molar-refractivity contribution >= 4 is 40.2 Å². The molecule has 4 nitrogen and oxygen atoms in total. The Bertz CT molecular complexity index is 1260. The summed E-state index contributed by atoms with van der Waals surface area (Å²) in [6.07, 6.45) is 2.93. The summed E-state index contributed by atoms with van der Waals surface area (Å²) in [5, 5.41) is 2.06. The van der Waals surface area contributed by atoms with Gasteiger partial charge in [0.25, 0.3) is 0 Å². The van der Waals surface area contributed by atoms with Gasteiger partial charge < -0.3 is 9.47 Å². The van der Waals surface area contributed by atoms with E-state index in [4.69, 9.17) is 21.1 Å². The minimum absolute atomic E-state index is 0.173. The number of aromatic nitrogens is 1. The van der Waals surface area contributed by atoms with E-state index in [1.807, 2.05) is 55.5 Å². The van der Waals surface area contributed by atoms with E-state index < -0.39 is 0 Å². The first-order chi connectivity index (χ1) is 17.6. The normalized spacial score (nSPS) is 11.8. The molecule has 0 radical (unpaired) electrons. The molecule has 0 amide bonds. The quantitative estimate of drug-likeness (QED) is 0.178. The Morgan fingerprint density at radius 1 is 0.972 bits per heavy atom. The number of fused-ring (bicyclic) bond motifs is 1. The number of nitrogens with zero attached hydrogens (tertiary/aromatic N) is 1. The highest BCUT2D eigenvalue weighted by Crippen LogP contribution is 2.35. The topological polar surface area (TPSA) is 48.4 Å². The molecule has 0 saturated heterocycles. The lowest BCUT2D eigenvalue weighted by atomic mass is 10.0. The summed E-state index contributed by atoms with van der Waals surface area (Å²) in [5.41, 5.74) is 4.30. The maximum absolute atomic E-state index is 12.0. The van der Waals surface area contributed by atoms with Crippen LogP contribution >= 0.6 is 23.4 Å². The first-order valence-electron chi connectivity index (χ1n) is 12.2. The molecule has 0 aliphatic heterocycles. The second kappa shape index (κ2) is 13.3. The predicted molar refractivity (Wildman–Crippen MR) is 149 cm³/mol. The number of aryl methyl sites for hydroxylation is 1. The molecule has 0 aliphatic rings. The molecule has 1 unspecified atom stereocenters. The number of ether oxygens (including phenoxy) is 2. The molecule has 0 spiro atoms. The minimum atomic E-state index is -0.173. The van der Waals surface area contributed by atoms with Gasteiger partial charge in [0, 0.05) is 15.7 Å². The molecule has 0 aliphatic carbocycles. The zero-order chi connectivity index (χ0) is 25.2. The monoisotopic (exact) mass is 519 g/mol. The minimum Gasteiger partial charge on any atom is -0.487 e. The number of carbonyl (C=O) groups is 1. The SMILES string of the molecule is CCOC(=O)CSC(CCCc1ccc(Cl)cc1)c1ccc(OCc2ccc3ccccc3n2)cc1. The van der Waals surface area contributed by atoms with Gasteiger partial charge in [0.05, 0.1) is 23.6 Å². The van der Waals surface area contributed by atoms with Crippen molar-refractivity contribution in [1.82, 2.24) is 4.98 Å². The smallest absolute Gasteiger partial charge is 0.315 e. The van der Waals surface area contributed by atoms with Gasteiger partial charge in [0.15, 0.2) is 0 Å². The molecular weight excluding hydrogens is 490 g/mol. The molecule has 1 aromatic heterocycles. The summed E-state index contributed by atoms with van der Waals surface area (Å²) in [7, 11) is 0. The molecule has 0 N–H and O–H groups in total. The predicted octanol–water partition coefficient (Wildman–Crippen LogP) is 7.83. The number of rotatable bonds is 12. The molecule has 0 bridgehead atoms. The lowest BCUT2D eigenvalue weighted by Gasteiger charge is -2.17. The first-order valence-corrected chi connectivity index (χ1v) is 13.6. The summed E-state index contributed by atoms with van der Waals surface area (Å²) >= 11 is 7.64. The number of thioether (sulfide) groups is 1. The summed E-state index contributed by atoms with van der Waals surface area (Å²) in [6, 6.07) is 28.3. The first kappa shape index (κ1) is 26.1. The number of para-hydroxylation sites is 1. The molecule has 0 saturated carbocycles. The lowest BCUT2D eigenvalue weighted by molar-refractivity contribution is -0.139. The zero-order valence-electron chi connectivity index (χ0n) is 20.4. The van der Waals surface area contributed by atoms with Crippen LogP contribution in [0, 0.1) is 0 Å². The lowest BCUT2D eigenvalue weighted by Crippen LogP contribution is -2.09. The van der Waals surface area contributed by atoms with E-state index in [0.29, 0.717) is 19.0 Å². The molecule has 186 valence electrons. The highest BCUT2D eigenvalue weighted by molar-refractivity contribution is 8.00. The van der Waals surface area contributed by atoms with Crippen molar-refractivity contribution in [1.29, 1.82) is 0 Å². The van der Waals surface area contributed by atoms with Crippen LogP contribution in [0.4, 0.5) is 0 Å². The van der Waals surface area contributed by atoms with Gasteiger partial charge in [-0.1, -0.05) is 60.1 Å². The highest BCUT2D eigenvalue weighted by atomic mass is 35.5. The third-order valence-corrected chi connectivity index (χ3v) is 7.41. The van der Waals surface area contributed by atoms with Crippen LogP contribution in [0.3, 0.4) is 0 Å². The van der Waals surface area contributed by atoms with Crippen molar-refractivity contribution < 1.29 is 14.3 Å². The van der Waals surface area contributed by atoms with Gasteiger partial charge in [-0.05, 0) is 73.7 Å². The van der Waals surface area contributed by atoms with Gasteiger partial charge >= 0.3 is 5.97 Å². The summed E-state index contributed by atoms with van der Waals surface area (Å²) in [6.45, 7) is 2.64. The Balaban J connectivity index is 1.36. The van der Waals surface area contributed by atoms with Crippen LogP contribution in [0.25, 0.3) is 10.9 Å². The number of hydrogen-bond donors (Lipinski definition) is 0. The van der Waals surface area contributed by atoms with Gasteiger partial charge in [-0.3, -0.25) is 4.79 Å². The van der Waals surface area contributed by atoms with Gasteiger partial charge in [0.1, 0.15) is 12.4 Å². The van der Waals surface area contributed by atoms with Crippen LogP contribution in [-0.4, -0.2) is 23.3 Å². The maximum Gasteiger partial charge on any atom is 0.315 e. The molecule has 4 aromatic rings. The largest absolute Gasteiger partial charge is 0.487 e. The molecule has 1 atom stereocenters. The van der Waals surface area contributed by atoms with Crippen molar-refractivity contribution in [2.24, 2.45) is 0 Å². The van der Waals surface area contributed by atoms with Crippen molar-refractivity contribution in [3.63, 3.8) is 0 Å². The van der Waals surface area contributed by atoms with Gasteiger partial charge in [0.2, 0.25) is 0 Å². The second-order valence-corrected chi connectivity index (χ2v) is 10.1. The number of esters is 1. The number of benzene rings is 3. The fourth-order valence-corrected chi connectivity index (χ4v) is 5.21. The van der Waals surface area contributed by atoms with E-state index in [0.717, 1.165) is 46.6 Å². The molecule has 6 heteroatoms. The van der Waals surface area contributed by atoms with Gasteiger partial charge in [-0.25, -0.2) is 4.98 Å². The molecular formula is C30H30ClNO3S. The maximum atomic E-state index is 12.0. The molecule has 1 heterocycles. The Kier molecular flexibility index (Phi) is 9.65. The van der Waals surface area contributed by atoms with Gasteiger partial charge in [-0.2, -0.15) is 0 Å². The molecule has 0 fully saturated rings. The number of carbonyl (C=O) groups excluding carboxylic acids is 1. The van der Waals surface area contributed by atoms with Crippen LogP contribution in [0.1, 0.15) is 41.8 Å². The van der Waals surface area contributed by atoms with Crippen molar-refractivity contribution in [3.05, 3.63) is 107 Å². The highest BCUT2D eigenvalue weighted by Gasteiger charge is 2.15. The Labute approximate surface area is 222 Å². The van der Waals surface area contributed by atoms with E-state index >= 15 is 0 Å². The van der Waals surface area contributed by atoms with E-state index in [9.17, 15) is 4.79 Å². The molecule has 4 rings (SSSR count). The Morgan fingerprint density at radius 2 is 1.75 bits per heavy atom. The van der Waals surface area contributed by atoms with Crippen molar-refractivity contribution in [3.8, 4) is 5.75 Å². The van der Waals surface area contributed by atoms with Crippen LogP contribution in [0.2, 0.25) is 5.02 Å². The average Bonchev–Trinajstić information content (AvgIpc) is 2.91. The van der Waals surface area contributed by atoms with Crippen molar-refractivity contribution in [2.75, 3.05) is 12.4 Å². The van der Waals surface area contributed by atoms with Crippen molar-refractivity contribution in [2.45, 2.75) is 38.0 Å². The number of pyridine rings is 1. The average molecular weight is 520 g/mol. The fraction of sp³-hybridized carbons (Fsp3) is 0.267. The van der Waals surface area contributed by atoms with E-state index in [-0.39, 0.29) is 11.2 Å². The van der Waals surface area contributed by atoms with E-state index in [2.05, 4.69) is 41.4 Å². The molecule has 3 aromatic carbocycles. The second-order valence-electron chi connectivity index (χ2n) is 8.48. The molecule has 36 heavy (non-hydrogen) atoms. The van der Waals surface area contributed by atoms with Crippen LogP contribution in [0.15, 0.2) is 84.9 Å². The van der Waals surface area contributed by atoms with E-state index in [1.165, 1.54) is 11.1 Å². The Morgan fingerprint density at radius 3 is 2.53 bits per heavy atom. The third-order valence-electron chi connectivity index (χ3n) is 5.85. The van der Waals surface area contributed by atoms with Crippen LogP contribution < -0.4 is 4.74 Å². The summed E-state index contributed by atoms with van der Waals surface area (Å²) < 4.78 is 11.1. The standard InChI is InChI=1S/C30H30ClNO3S/c1-2-34-30(33)21-36-29(9-5-6-22-10-15-25(31)16-11-22)24-13-18-27(19-14-24)35-20-26-17-12-23-7-3-4-8-28(23)32-26/h3-4,7-8,10-19,29H,2,5-6,9,20-21H2,1H3. The van der Waals surface area contributed by atoms with Crippen LogP contribution in [-0.2, 0) is 22.6 Å². The third kappa shape index (κ3) is 7.74.